The molecular weight excluding hydrogens is 282 g/mol. The lowest BCUT2D eigenvalue weighted by molar-refractivity contribution is 0.414. The standard InChI is InChI=1S/C16H25N3OS/c1-17-16(19-13-7-8-15(10-13)21-3)18-11-12-5-4-6-14(9-12)20-2/h4-6,9,13,15H,7-8,10-11H2,1-3H3,(H2,17,18,19). The summed E-state index contributed by atoms with van der Waals surface area (Å²) in [4.78, 5) is 4.32. The second kappa shape index (κ2) is 8.17. The van der Waals surface area contributed by atoms with E-state index in [9.17, 15) is 0 Å². The summed E-state index contributed by atoms with van der Waals surface area (Å²) in [5, 5.41) is 7.69. The number of benzene rings is 1. The van der Waals surface area contributed by atoms with Crippen LogP contribution >= 0.6 is 11.8 Å². The maximum atomic E-state index is 5.24. The van der Waals surface area contributed by atoms with Crippen molar-refractivity contribution in [3.8, 4) is 5.75 Å². The average molecular weight is 307 g/mol. The molecule has 116 valence electrons. The van der Waals surface area contributed by atoms with Crippen LogP contribution in [0.25, 0.3) is 0 Å². The highest BCUT2D eigenvalue weighted by Gasteiger charge is 2.24. The van der Waals surface area contributed by atoms with E-state index in [-0.39, 0.29) is 0 Å². The Labute approximate surface area is 131 Å². The number of ether oxygens (including phenoxy) is 1. The van der Waals surface area contributed by atoms with Gasteiger partial charge in [-0.2, -0.15) is 11.8 Å². The lowest BCUT2D eigenvalue weighted by atomic mass is 10.2. The number of aliphatic imine (C=N–C) groups is 1. The third-order valence-corrected chi connectivity index (χ3v) is 4.97. The summed E-state index contributed by atoms with van der Waals surface area (Å²) in [6.45, 7) is 0.746. The first-order valence-electron chi connectivity index (χ1n) is 7.38. The van der Waals surface area contributed by atoms with Gasteiger partial charge in [-0.05, 0) is 43.2 Å². The van der Waals surface area contributed by atoms with Gasteiger partial charge in [0, 0.05) is 24.9 Å². The summed E-state index contributed by atoms with van der Waals surface area (Å²) in [7, 11) is 3.51. The van der Waals surface area contributed by atoms with Gasteiger partial charge in [0.1, 0.15) is 5.75 Å². The number of nitrogens with zero attached hydrogens (tertiary/aromatic N) is 1. The van der Waals surface area contributed by atoms with Crippen LogP contribution in [0.3, 0.4) is 0 Å². The Morgan fingerprint density at radius 2 is 2.29 bits per heavy atom. The van der Waals surface area contributed by atoms with Gasteiger partial charge in [0.05, 0.1) is 7.11 Å². The molecule has 0 saturated heterocycles. The van der Waals surface area contributed by atoms with Gasteiger partial charge in [-0.1, -0.05) is 12.1 Å². The van der Waals surface area contributed by atoms with E-state index < -0.39 is 0 Å². The van der Waals surface area contributed by atoms with E-state index >= 15 is 0 Å². The molecule has 4 nitrogen and oxygen atoms in total. The van der Waals surface area contributed by atoms with Crippen molar-refractivity contribution in [1.82, 2.24) is 10.6 Å². The van der Waals surface area contributed by atoms with E-state index in [2.05, 4.69) is 27.9 Å². The molecule has 0 spiro atoms. The van der Waals surface area contributed by atoms with Crippen molar-refractivity contribution in [2.24, 2.45) is 4.99 Å². The highest BCUT2D eigenvalue weighted by molar-refractivity contribution is 7.99. The molecule has 2 unspecified atom stereocenters. The van der Waals surface area contributed by atoms with Crippen LogP contribution in [0.5, 0.6) is 5.75 Å². The van der Waals surface area contributed by atoms with Crippen LogP contribution in [0.2, 0.25) is 0 Å². The van der Waals surface area contributed by atoms with Crippen LogP contribution in [0.4, 0.5) is 0 Å². The molecule has 5 heteroatoms. The first-order valence-corrected chi connectivity index (χ1v) is 8.67. The van der Waals surface area contributed by atoms with Gasteiger partial charge in [0.2, 0.25) is 0 Å². The van der Waals surface area contributed by atoms with Crippen molar-refractivity contribution in [1.29, 1.82) is 0 Å². The molecule has 1 aromatic carbocycles. The third-order valence-electron chi connectivity index (χ3n) is 3.88. The number of guanidine groups is 1. The van der Waals surface area contributed by atoms with Crippen LogP contribution in [-0.4, -0.2) is 37.7 Å². The van der Waals surface area contributed by atoms with Crippen molar-refractivity contribution < 1.29 is 4.74 Å². The lowest BCUT2D eigenvalue weighted by Gasteiger charge is -2.17. The smallest absolute Gasteiger partial charge is 0.191 e. The van der Waals surface area contributed by atoms with Crippen molar-refractivity contribution in [2.45, 2.75) is 37.1 Å². The Bertz CT molecular complexity index is 478. The Morgan fingerprint density at radius 3 is 2.95 bits per heavy atom. The predicted molar refractivity (Wildman–Crippen MR) is 91.3 cm³/mol. The molecule has 2 rings (SSSR count). The molecule has 1 saturated carbocycles. The average Bonchev–Trinajstić information content (AvgIpc) is 2.99. The predicted octanol–water partition coefficient (Wildman–Crippen LogP) is 2.64. The number of thioether (sulfide) groups is 1. The highest BCUT2D eigenvalue weighted by atomic mass is 32.2. The molecule has 1 aliphatic rings. The minimum Gasteiger partial charge on any atom is -0.497 e. The van der Waals surface area contributed by atoms with Gasteiger partial charge in [0.25, 0.3) is 0 Å². The lowest BCUT2D eigenvalue weighted by Crippen LogP contribution is -2.42. The molecule has 1 aliphatic carbocycles. The quantitative estimate of drug-likeness (QED) is 0.648. The van der Waals surface area contributed by atoms with Gasteiger partial charge in [-0.25, -0.2) is 0 Å². The maximum absolute atomic E-state index is 5.24. The third kappa shape index (κ3) is 4.84. The molecule has 0 radical (unpaired) electrons. The van der Waals surface area contributed by atoms with Gasteiger partial charge < -0.3 is 15.4 Å². The summed E-state index contributed by atoms with van der Waals surface area (Å²) < 4.78 is 5.24. The van der Waals surface area contributed by atoms with Crippen LogP contribution in [-0.2, 0) is 6.54 Å². The fraction of sp³-hybridized carbons (Fsp3) is 0.562. The summed E-state index contributed by atoms with van der Waals surface area (Å²) in [6, 6.07) is 8.63. The summed E-state index contributed by atoms with van der Waals surface area (Å²) in [6.07, 6.45) is 5.95. The zero-order valence-corrected chi connectivity index (χ0v) is 13.9. The molecule has 1 fully saturated rings. The SMILES string of the molecule is CN=C(NCc1cccc(OC)c1)NC1CCC(SC)C1. The molecule has 21 heavy (non-hydrogen) atoms. The first kappa shape index (κ1) is 16.0. The van der Waals surface area contributed by atoms with Crippen LogP contribution < -0.4 is 15.4 Å². The fourth-order valence-corrected chi connectivity index (χ4v) is 3.44. The molecular formula is C16H25N3OS. The number of rotatable bonds is 5. The van der Waals surface area contributed by atoms with E-state index in [1.54, 1.807) is 7.11 Å². The van der Waals surface area contributed by atoms with Gasteiger partial charge >= 0.3 is 0 Å². The molecule has 0 bridgehead atoms. The highest BCUT2D eigenvalue weighted by Crippen LogP contribution is 2.28. The van der Waals surface area contributed by atoms with E-state index in [1.165, 1.54) is 24.8 Å². The van der Waals surface area contributed by atoms with Crippen LogP contribution in [0.15, 0.2) is 29.3 Å². The molecule has 0 heterocycles. The molecule has 1 aromatic rings. The van der Waals surface area contributed by atoms with Crippen molar-refractivity contribution in [3.05, 3.63) is 29.8 Å². The van der Waals surface area contributed by atoms with E-state index in [0.717, 1.165) is 23.5 Å². The van der Waals surface area contributed by atoms with Gasteiger partial charge in [0.15, 0.2) is 5.96 Å². The second-order valence-electron chi connectivity index (χ2n) is 5.29. The second-order valence-corrected chi connectivity index (χ2v) is 6.43. The Balaban J connectivity index is 1.82. The van der Waals surface area contributed by atoms with E-state index in [0.29, 0.717) is 6.04 Å². The number of methoxy groups -OCH3 is 1. The molecule has 2 N–H and O–H groups in total. The van der Waals surface area contributed by atoms with Crippen molar-refractivity contribution in [2.75, 3.05) is 20.4 Å². The monoisotopic (exact) mass is 307 g/mol. The van der Waals surface area contributed by atoms with Gasteiger partial charge in [-0.3, -0.25) is 4.99 Å². The first-order chi connectivity index (χ1) is 10.2. The van der Waals surface area contributed by atoms with E-state index in [1.807, 2.05) is 37.0 Å². The van der Waals surface area contributed by atoms with Crippen LogP contribution in [0.1, 0.15) is 24.8 Å². The number of nitrogens with one attached hydrogen (secondary N) is 2. The number of hydrogen-bond acceptors (Lipinski definition) is 3. The molecule has 2 atom stereocenters. The Kier molecular flexibility index (Phi) is 6.23. The van der Waals surface area contributed by atoms with Crippen LogP contribution in [0, 0.1) is 0 Å². The zero-order valence-electron chi connectivity index (χ0n) is 13.1. The minimum atomic E-state index is 0.541. The molecule has 0 aromatic heterocycles. The largest absolute Gasteiger partial charge is 0.497 e. The fourth-order valence-electron chi connectivity index (χ4n) is 2.64. The molecule has 0 amide bonds. The van der Waals surface area contributed by atoms with Crippen molar-refractivity contribution in [3.63, 3.8) is 0 Å². The number of hydrogen-bond donors (Lipinski definition) is 2. The molecule has 0 aliphatic heterocycles. The zero-order chi connectivity index (χ0) is 15.1. The summed E-state index contributed by atoms with van der Waals surface area (Å²) in [5.41, 5.74) is 1.19. The summed E-state index contributed by atoms with van der Waals surface area (Å²) >= 11 is 1.97. The normalized spacial score (nSPS) is 22.1. The topological polar surface area (TPSA) is 45.7 Å². The van der Waals surface area contributed by atoms with Crippen molar-refractivity contribution >= 4 is 17.7 Å². The maximum Gasteiger partial charge on any atom is 0.191 e. The Morgan fingerprint density at radius 1 is 1.43 bits per heavy atom. The minimum absolute atomic E-state index is 0.541. The Hall–Kier alpha value is -1.36. The summed E-state index contributed by atoms with van der Waals surface area (Å²) in [5.74, 6) is 1.76. The van der Waals surface area contributed by atoms with Gasteiger partial charge in [-0.15, -0.1) is 0 Å². The van der Waals surface area contributed by atoms with E-state index in [4.69, 9.17) is 4.74 Å².